The summed E-state index contributed by atoms with van der Waals surface area (Å²) in [5.41, 5.74) is 34.7. The molecule has 0 saturated carbocycles. The van der Waals surface area contributed by atoms with Crippen molar-refractivity contribution in [1.82, 2.24) is 0 Å². The van der Waals surface area contributed by atoms with Crippen molar-refractivity contribution >= 4 is 34.1 Å². The van der Waals surface area contributed by atoms with Gasteiger partial charge in [0, 0.05) is 0 Å². The molecule has 6 rings (SSSR count). The molecule has 0 bridgehead atoms. The van der Waals surface area contributed by atoms with Gasteiger partial charge in [-0.1, -0.05) is 58.7 Å². The van der Waals surface area contributed by atoms with E-state index in [-0.39, 0.29) is 0 Å². The van der Waals surface area contributed by atoms with Crippen LogP contribution in [0.3, 0.4) is 0 Å². The van der Waals surface area contributed by atoms with E-state index in [1.165, 1.54) is 44.5 Å². The molecule has 0 aliphatic rings. The number of nitrogens with one attached hydrogen (secondary N) is 2. The van der Waals surface area contributed by atoms with Crippen molar-refractivity contribution in [1.29, 1.82) is 0 Å². The van der Waals surface area contributed by atoms with Crippen LogP contribution in [-0.2, 0) is 34.6 Å². The Morgan fingerprint density at radius 3 is 0.732 bits per heavy atom. The van der Waals surface area contributed by atoms with Crippen LogP contribution in [-0.4, -0.2) is 0 Å². The SMILES string of the molecule is Cc1cccc(C)c1[NH-].Cc1cccc(C)c1[NH-].Cc1cccc(C)c1[N]=[Tc+2]=[N]c1c(C)cccc1C.Cc1cccc(C)c1[N]=[Tc]=[N]c1c(C)cccc1C. The van der Waals surface area contributed by atoms with Crippen LogP contribution in [0.25, 0.3) is 11.5 Å². The van der Waals surface area contributed by atoms with Gasteiger partial charge in [0.05, 0.1) is 0 Å². The van der Waals surface area contributed by atoms with E-state index in [1.54, 1.807) is 0 Å². The van der Waals surface area contributed by atoms with Gasteiger partial charge >= 0.3 is 245 Å². The molecule has 2 N–H and O–H groups in total. The molecule has 8 heteroatoms. The normalized spacial score (nSPS) is 9.86. The summed E-state index contributed by atoms with van der Waals surface area (Å²) in [7, 11) is 0. The first-order chi connectivity index (χ1) is 26.6. The van der Waals surface area contributed by atoms with E-state index in [4.69, 9.17) is 25.9 Å². The fourth-order valence-electron chi connectivity index (χ4n) is 5.57. The van der Waals surface area contributed by atoms with E-state index < -0.39 is 34.6 Å². The topological polar surface area (TPSA) is 97.0 Å². The quantitative estimate of drug-likeness (QED) is 0.168. The second-order valence-electron chi connectivity index (χ2n) is 14.0. The van der Waals surface area contributed by atoms with E-state index in [9.17, 15) is 0 Å². The van der Waals surface area contributed by atoms with Gasteiger partial charge in [0.15, 0.2) is 0 Å². The third-order valence-electron chi connectivity index (χ3n) is 9.21. The molecule has 0 saturated heterocycles. The Kier molecular flexibility index (Phi) is 18.7. The number of nitrogens with zero attached hydrogens (tertiary/aromatic N) is 4. The van der Waals surface area contributed by atoms with Crippen molar-refractivity contribution in [3.8, 4) is 0 Å². The van der Waals surface area contributed by atoms with Crippen molar-refractivity contribution in [3.63, 3.8) is 0 Å². The molecule has 0 fully saturated rings. The predicted octanol–water partition coefficient (Wildman–Crippen LogP) is 16.6. The van der Waals surface area contributed by atoms with E-state index in [0.717, 1.165) is 45.0 Å². The Labute approximate surface area is 351 Å². The summed E-state index contributed by atoms with van der Waals surface area (Å²) in [6.45, 7) is 24.7. The monoisotopic (exact) mass is 910 g/mol. The summed E-state index contributed by atoms with van der Waals surface area (Å²) in [6, 6.07) is 36.9. The average Bonchev–Trinajstić information content (AvgIpc) is 3.15. The first-order valence-corrected chi connectivity index (χ1v) is 21.9. The number of hydrogen-bond donors (Lipinski definition) is 0. The van der Waals surface area contributed by atoms with Crippen LogP contribution in [0.4, 0.5) is 34.1 Å². The van der Waals surface area contributed by atoms with Crippen molar-refractivity contribution in [2.75, 3.05) is 0 Å². The summed E-state index contributed by atoms with van der Waals surface area (Å²) >= 11 is -1.10. The van der Waals surface area contributed by atoms with Crippen LogP contribution in [0.2, 0.25) is 0 Å². The van der Waals surface area contributed by atoms with Crippen LogP contribution in [0.15, 0.2) is 124 Å². The number of rotatable bonds is 4. The molecule has 0 unspecified atom stereocenters. The summed E-state index contributed by atoms with van der Waals surface area (Å²) in [5, 5.41) is 0. The maximum atomic E-state index is 7.44. The third kappa shape index (κ3) is 13.9. The van der Waals surface area contributed by atoms with Gasteiger partial charge in [-0.15, -0.1) is 11.4 Å². The van der Waals surface area contributed by atoms with E-state index in [2.05, 4.69) is 128 Å². The van der Waals surface area contributed by atoms with E-state index >= 15 is 0 Å². The molecule has 0 heterocycles. The maximum absolute atomic E-state index is 7.44. The Morgan fingerprint density at radius 2 is 0.518 bits per heavy atom. The fourth-order valence-corrected chi connectivity index (χ4v) is 9.12. The number of hydrogen-bond acceptors (Lipinski definition) is 4. The summed E-state index contributed by atoms with van der Waals surface area (Å²) in [6.07, 6.45) is 0. The zero-order chi connectivity index (χ0) is 41.4. The predicted molar refractivity (Wildman–Crippen MR) is 232 cm³/mol. The standard InChI is InChI=1S/2C8H10N.4C8H9N.2Tc/c6*1-6-4-3-5-7(2)8(6)9;;/h2*3-5,9H,1-2H3;4*3-5H,1-2H3;;/q2*-1;;;;;;+2. The Morgan fingerprint density at radius 1 is 0.321 bits per heavy atom. The van der Waals surface area contributed by atoms with Gasteiger partial charge in [0.2, 0.25) is 0 Å². The van der Waals surface area contributed by atoms with Crippen molar-refractivity contribution < 1.29 is 34.6 Å². The molecule has 0 spiro atoms. The molecule has 0 radical (unpaired) electrons. The Hall–Kier alpha value is -4.58. The first-order valence-electron chi connectivity index (χ1n) is 18.5. The van der Waals surface area contributed by atoms with Crippen molar-refractivity contribution in [2.45, 2.75) is 83.1 Å². The average molecular weight is 913 g/mol. The van der Waals surface area contributed by atoms with E-state index in [0.29, 0.717) is 11.4 Å². The number of benzene rings is 6. The molecule has 292 valence electrons. The fraction of sp³-hybridized carbons (Fsp3) is 0.250. The van der Waals surface area contributed by atoms with Crippen LogP contribution >= 0.6 is 0 Å². The second-order valence-corrected chi connectivity index (χ2v) is 16.4. The van der Waals surface area contributed by atoms with Gasteiger partial charge in [-0.05, 0) is 27.7 Å². The Balaban J connectivity index is 0.000000212. The zero-order valence-electron chi connectivity index (χ0n) is 34.9. The van der Waals surface area contributed by atoms with Gasteiger partial charge in [0.1, 0.15) is 0 Å². The molecule has 56 heavy (non-hydrogen) atoms. The molecular formula is C48H56N6Tc2. The molecular weight excluding hydrogens is 857 g/mol. The van der Waals surface area contributed by atoms with Gasteiger partial charge in [-0.3, -0.25) is 0 Å². The summed E-state index contributed by atoms with van der Waals surface area (Å²) in [4.78, 5) is 0. The zero-order valence-corrected chi connectivity index (χ0v) is 38.7. The molecule has 6 aromatic carbocycles. The van der Waals surface area contributed by atoms with Crippen LogP contribution < -0.4 is 0 Å². The Bertz CT molecular complexity index is 2000. The molecule has 0 aromatic heterocycles. The van der Waals surface area contributed by atoms with Gasteiger partial charge < -0.3 is 11.5 Å². The molecule has 0 aliphatic heterocycles. The summed E-state index contributed by atoms with van der Waals surface area (Å²) in [5.74, 6) is 0. The number of aryl methyl sites for hydroxylation is 12. The van der Waals surface area contributed by atoms with Crippen LogP contribution in [0.5, 0.6) is 0 Å². The molecule has 6 aromatic rings. The second kappa shape index (κ2) is 22.8. The van der Waals surface area contributed by atoms with Gasteiger partial charge in [-0.25, -0.2) is 0 Å². The van der Waals surface area contributed by atoms with Gasteiger partial charge in [0.25, 0.3) is 0 Å². The van der Waals surface area contributed by atoms with E-state index in [1.807, 2.05) is 64.1 Å². The van der Waals surface area contributed by atoms with Gasteiger partial charge in [-0.2, -0.15) is 0 Å². The molecule has 6 nitrogen and oxygen atoms in total. The molecule has 0 atom stereocenters. The minimum absolute atomic E-state index is 0.550. The minimum atomic E-state index is -0.550. The molecule has 0 amide bonds. The van der Waals surface area contributed by atoms with Crippen molar-refractivity contribution in [3.05, 3.63) is 187 Å². The molecule has 0 aliphatic carbocycles. The third-order valence-corrected chi connectivity index (χ3v) is 11.6. The first kappa shape index (κ1) is 45.8. The summed E-state index contributed by atoms with van der Waals surface area (Å²) < 4.78 is 18.9. The van der Waals surface area contributed by atoms with Crippen molar-refractivity contribution in [2.24, 2.45) is 14.4 Å². The van der Waals surface area contributed by atoms with Crippen LogP contribution in [0.1, 0.15) is 66.8 Å². The van der Waals surface area contributed by atoms with Crippen LogP contribution in [0, 0.1) is 83.1 Å².